The Kier molecular flexibility index (Phi) is 4.48. The van der Waals surface area contributed by atoms with Gasteiger partial charge in [-0.15, -0.1) is 5.10 Å². The van der Waals surface area contributed by atoms with Crippen LogP contribution in [0.25, 0.3) is 5.69 Å². The van der Waals surface area contributed by atoms with Crippen molar-refractivity contribution in [2.24, 2.45) is 0 Å². The molecular formula is C18H21ClN4O2. The quantitative estimate of drug-likeness (QED) is 0.826. The molecule has 7 heteroatoms. The van der Waals surface area contributed by atoms with Gasteiger partial charge >= 0.3 is 0 Å². The Morgan fingerprint density at radius 3 is 2.80 bits per heavy atom. The van der Waals surface area contributed by atoms with E-state index in [1.165, 1.54) is 6.42 Å². The number of halogens is 1. The summed E-state index contributed by atoms with van der Waals surface area (Å²) in [7, 11) is 0. The van der Waals surface area contributed by atoms with Crippen molar-refractivity contribution in [2.45, 2.75) is 44.8 Å². The first kappa shape index (κ1) is 16.5. The van der Waals surface area contributed by atoms with Crippen LogP contribution in [-0.4, -0.2) is 50.9 Å². The van der Waals surface area contributed by atoms with Crippen LogP contribution in [0, 0.1) is 6.92 Å². The van der Waals surface area contributed by atoms with Gasteiger partial charge in [-0.1, -0.05) is 24.4 Å². The van der Waals surface area contributed by atoms with Crippen molar-refractivity contribution in [3.63, 3.8) is 0 Å². The summed E-state index contributed by atoms with van der Waals surface area (Å²) < 4.78 is 7.54. The monoisotopic (exact) mass is 360 g/mol. The van der Waals surface area contributed by atoms with Gasteiger partial charge in [0.1, 0.15) is 5.82 Å². The van der Waals surface area contributed by atoms with Gasteiger partial charge in [0, 0.05) is 11.6 Å². The van der Waals surface area contributed by atoms with Crippen LogP contribution in [0.5, 0.6) is 0 Å². The lowest BCUT2D eigenvalue weighted by atomic mass is 9.90. The minimum atomic E-state index is -0.101. The molecule has 1 saturated carbocycles. The third-order valence-electron chi connectivity index (χ3n) is 5.02. The number of carbonyl (C=O) groups excluding carboxylic acids is 1. The molecule has 6 nitrogen and oxygen atoms in total. The van der Waals surface area contributed by atoms with Crippen LogP contribution < -0.4 is 0 Å². The maximum Gasteiger partial charge on any atom is 0.293 e. The number of nitrogens with zero attached hydrogens (tertiary/aromatic N) is 4. The van der Waals surface area contributed by atoms with E-state index >= 15 is 0 Å². The number of carbonyl (C=O) groups is 1. The maximum absolute atomic E-state index is 13.0. The summed E-state index contributed by atoms with van der Waals surface area (Å²) in [5, 5.41) is 5.11. The van der Waals surface area contributed by atoms with Gasteiger partial charge in [-0.3, -0.25) is 4.79 Å². The highest BCUT2D eigenvalue weighted by Gasteiger charge is 2.38. The predicted octanol–water partition coefficient (Wildman–Crippen LogP) is 3.01. The zero-order valence-corrected chi connectivity index (χ0v) is 14.9. The minimum Gasteiger partial charge on any atom is -0.374 e. The Labute approximate surface area is 151 Å². The lowest BCUT2D eigenvalue weighted by Gasteiger charge is -2.43. The molecule has 132 valence electrons. The lowest BCUT2D eigenvalue weighted by molar-refractivity contribution is -0.0755. The Balaban J connectivity index is 1.60. The zero-order chi connectivity index (χ0) is 17.4. The van der Waals surface area contributed by atoms with Gasteiger partial charge in [0.15, 0.2) is 0 Å². The van der Waals surface area contributed by atoms with Gasteiger partial charge in [-0.25, -0.2) is 9.67 Å². The van der Waals surface area contributed by atoms with Crippen LogP contribution in [0.4, 0.5) is 0 Å². The van der Waals surface area contributed by atoms with E-state index in [-0.39, 0.29) is 23.9 Å². The second-order valence-corrected chi connectivity index (χ2v) is 7.07. The van der Waals surface area contributed by atoms with Gasteiger partial charge in [0.05, 0.1) is 24.4 Å². The van der Waals surface area contributed by atoms with E-state index in [9.17, 15) is 4.79 Å². The SMILES string of the molecule is Cc1nc(C(=O)N2CCOC3CCCCC32)nn1-c1ccc(Cl)cc1. The molecule has 2 heterocycles. The van der Waals surface area contributed by atoms with Crippen molar-refractivity contribution >= 4 is 17.5 Å². The summed E-state index contributed by atoms with van der Waals surface area (Å²) >= 11 is 5.94. The summed E-state index contributed by atoms with van der Waals surface area (Å²) in [4.78, 5) is 19.3. The van der Waals surface area contributed by atoms with Crippen molar-refractivity contribution in [3.8, 4) is 5.69 Å². The number of amides is 1. The van der Waals surface area contributed by atoms with E-state index in [0.29, 0.717) is 24.0 Å². The molecule has 1 saturated heterocycles. The van der Waals surface area contributed by atoms with Crippen LogP contribution >= 0.6 is 11.6 Å². The second-order valence-electron chi connectivity index (χ2n) is 6.63. The van der Waals surface area contributed by atoms with E-state index in [1.54, 1.807) is 16.8 Å². The van der Waals surface area contributed by atoms with Crippen LogP contribution in [0.3, 0.4) is 0 Å². The number of hydrogen-bond acceptors (Lipinski definition) is 4. The number of aryl methyl sites for hydroxylation is 1. The first-order chi connectivity index (χ1) is 12.1. The average Bonchev–Trinajstić information content (AvgIpc) is 3.03. The summed E-state index contributed by atoms with van der Waals surface area (Å²) in [5.74, 6) is 0.828. The number of aromatic nitrogens is 3. The first-order valence-electron chi connectivity index (χ1n) is 8.75. The van der Waals surface area contributed by atoms with Gasteiger partial charge in [0.2, 0.25) is 5.82 Å². The topological polar surface area (TPSA) is 60.3 Å². The fourth-order valence-electron chi connectivity index (χ4n) is 3.78. The molecule has 0 spiro atoms. The number of benzene rings is 1. The van der Waals surface area contributed by atoms with Gasteiger partial charge in [-0.05, 0) is 44.0 Å². The number of fused-ring (bicyclic) bond motifs is 1. The van der Waals surface area contributed by atoms with Crippen LogP contribution in [-0.2, 0) is 4.74 Å². The molecule has 2 fully saturated rings. The Hall–Kier alpha value is -1.92. The molecule has 1 aromatic carbocycles. The van der Waals surface area contributed by atoms with E-state index in [2.05, 4.69) is 10.1 Å². The highest BCUT2D eigenvalue weighted by molar-refractivity contribution is 6.30. The van der Waals surface area contributed by atoms with Crippen LogP contribution in [0.15, 0.2) is 24.3 Å². The highest BCUT2D eigenvalue weighted by Crippen LogP contribution is 2.29. The molecule has 1 aromatic heterocycles. The van der Waals surface area contributed by atoms with Crippen molar-refractivity contribution in [1.82, 2.24) is 19.7 Å². The summed E-state index contributed by atoms with van der Waals surface area (Å²) in [5.41, 5.74) is 0.839. The molecule has 2 aromatic rings. The molecule has 2 unspecified atom stereocenters. The second kappa shape index (κ2) is 6.77. The summed E-state index contributed by atoms with van der Waals surface area (Å²) in [6.07, 6.45) is 4.49. The fourth-order valence-corrected chi connectivity index (χ4v) is 3.91. The Morgan fingerprint density at radius 1 is 1.24 bits per heavy atom. The van der Waals surface area contributed by atoms with Crippen molar-refractivity contribution in [3.05, 3.63) is 40.9 Å². The number of ether oxygens (including phenoxy) is 1. The lowest BCUT2D eigenvalue weighted by Crippen LogP contribution is -2.55. The van der Waals surface area contributed by atoms with Gasteiger partial charge in [-0.2, -0.15) is 0 Å². The number of hydrogen-bond donors (Lipinski definition) is 0. The first-order valence-corrected chi connectivity index (χ1v) is 9.13. The highest BCUT2D eigenvalue weighted by atomic mass is 35.5. The molecule has 1 aliphatic carbocycles. The molecule has 1 amide bonds. The molecule has 2 atom stereocenters. The third-order valence-corrected chi connectivity index (χ3v) is 5.28. The molecule has 0 radical (unpaired) electrons. The van der Waals surface area contributed by atoms with Gasteiger partial charge < -0.3 is 9.64 Å². The van der Waals surface area contributed by atoms with Crippen molar-refractivity contribution in [1.29, 1.82) is 0 Å². The smallest absolute Gasteiger partial charge is 0.293 e. The van der Waals surface area contributed by atoms with E-state index < -0.39 is 0 Å². The molecule has 0 N–H and O–H groups in total. The van der Waals surface area contributed by atoms with Crippen LogP contribution in [0.2, 0.25) is 5.02 Å². The number of rotatable bonds is 2. The van der Waals surface area contributed by atoms with Crippen LogP contribution in [0.1, 0.15) is 42.1 Å². The molecule has 1 aliphatic heterocycles. The summed E-state index contributed by atoms with van der Waals surface area (Å²) in [6.45, 7) is 3.04. The van der Waals surface area contributed by atoms with E-state index in [0.717, 1.165) is 24.9 Å². The maximum atomic E-state index is 13.0. The molecule has 0 bridgehead atoms. The Bertz CT molecular complexity index is 772. The predicted molar refractivity (Wildman–Crippen MR) is 94.1 cm³/mol. The zero-order valence-electron chi connectivity index (χ0n) is 14.2. The Morgan fingerprint density at radius 2 is 2.00 bits per heavy atom. The number of morpholine rings is 1. The average molecular weight is 361 g/mol. The van der Waals surface area contributed by atoms with E-state index in [4.69, 9.17) is 16.3 Å². The normalized spacial score (nSPS) is 23.4. The molecular weight excluding hydrogens is 340 g/mol. The summed E-state index contributed by atoms with van der Waals surface area (Å²) in [6, 6.07) is 7.48. The van der Waals surface area contributed by atoms with Gasteiger partial charge in [0.25, 0.3) is 5.91 Å². The molecule has 2 aliphatic rings. The largest absolute Gasteiger partial charge is 0.374 e. The molecule has 25 heavy (non-hydrogen) atoms. The standard InChI is InChI=1S/C18H21ClN4O2/c1-12-20-17(21-23(12)14-8-6-13(19)7-9-14)18(24)22-10-11-25-16-5-3-2-4-15(16)22/h6-9,15-16H,2-5,10-11H2,1H3. The minimum absolute atomic E-state index is 0.101. The van der Waals surface area contributed by atoms with Crippen molar-refractivity contribution < 1.29 is 9.53 Å². The fraction of sp³-hybridized carbons (Fsp3) is 0.500. The third kappa shape index (κ3) is 3.16. The van der Waals surface area contributed by atoms with Crippen molar-refractivity contribution in [2.75, 3.05) is 13.2 Å². The van der Waals surface area contributed by atoms with E-state index in [1.807, 2.05) is 24.0 Å². The molecule has 4 rings (SSSR count).